The van der Waals surface area contributed by atoms with Gasteiger partial charge in [0.25, 0.3) is 5.69 Å². The zero-order chi connectivity index (χ0) is 16.1. The maximum atomic E-state index is 12.2. The summed E-state index contributed by atoms with van der Waals surface area (Å²) in [6.45, 7) is 1.50. The number of amides is 1. The van der Waals surface area contributed by atoms with E-state index in [2.05, 4.69) is 5.32 Å². The quantitative estimate of drug-likeness (QED) is 0.397. The molecule has 2 aromatic rings. The lowest BCUT2D eigenvalue weighted by atomic mass is 9.98. The van der Waals surface area contributed by atoms with E-state index in [1.54, 1.807) is 24.3 Å². The third-order valence-electron chi connectivity index (χ3n) is 3.19. The minimum absolute atomic E-state index is 0.0991. The number of hydrogen-bond acceptors (Lipinski definition) is 4. The smallest absolute Gasteiger partial charge is 0.269 e. The molecule has 112 valence electrons. The molecule has 0 spiro atoms. The Hall–Kier alpha value is -3.02. The van der Waals surface area contributed by atoms with Crippen LogP contribution < -0.4 is 5.32 Å². The van der Waals surface area contributed by atoms with Crippen molar-refractivity contribution in [3.63, 3.8) is 0 Å². The molecule has 0 radical (unpaired) electrons. The number of nitro benzene ring substituents is 1. The number of para-hydroxylation sites is 1. The number of rotatable bonds is 5. The van der Waals surface area contributed by atoms with E-state index in [-0.39, 0.29) is 17.0 Å². The van der Waals surface area contributed by atoms with Gasteiger partial charge in [-0.1, -0.05) is 18.2 Å². The second-order valence-corrected chi connectivity index (χ2v) is 4.75. The summed E-state index contributed by atoms with van der Waals surface area (Å²) in [6.07, 6.45) is 0. The van der Waals surface area contributed by atoms with Gasteiger partial charge in [0.1, 0.15) is 0 Å². The Balaban J connectivity index is 2.08. The fourth-order valence-electron chi connectivity index (χ4n) is 1.89. The average Bonchev–Trinajstić information content (AvgIpc) is 2.54. The van der Waals surface area contributed by atoms with E-state index < -0.39 is 16.7 Å². The van der Waals surface area contributed by atoms with Crippen LogP contribution in [0.2, 0.25) is 0 Å². The van der Waals surface area contributed by atoms with E-state index in [9.17, 15) is 19.7 Å². The Morgan fingerprint density at radius 2 is 1.64 bits per heavy atom. The van der Waals surface area contributed by atoms with Gasteiger partial charge in [-0.2, -0.15) is 0 Å². The first-order valence-electron chi connectivity index (χ1n) is 6.63. The van der Waals surface area contributed by atoms with Crippen LogP contribution in [-0.4, -0.2) is 16.6 Å². The van der Waals surface area contributed by atoms with Gasteiger partial charge in [0.15, 0.2) is 5.78 Å². The lowest BCUT2D eigenvalue weighted by Crippen LogP contribution is -2.27. The zero-order valence-electron chi connectivity index (χ0n) is 11.9. The minimum atomic E-state index is -0.887. The third kappa shape index (κ3) is 3.54. The fraction of sp³-hybridized carbons (Fsp3) is 0.125. The number of ketones is 1. The van der Waals surface area contributed by atoms with Crippen molar-refractivity contribution in [2.75, 3.05) is 5.32 Å². The lowest BCUT2D eigenvalue weighted by Gasteiger charge is -2.11. The molecule has 0 saturated heterocycles. The van der Waals surface area contributed by atoms with Crippen molar-refractivity contribution < 1.29 is 14.5 Å². The predicted octanol–water partition coefficient (Wildman–Crippen LogP) is 3.05. The van der Waals surface area contributed by atoms with E-state index in [1.807, 2.05) is 6.07 Å². The molecule has 1 N–H and O–H groups in total. The summed E-state index contributed by atoms with van der Waals surface area (Å²) >= 11 is 0. The van der Waals surface area contributed by atoms with Crippen LogP contribution in [0.1, 0.15) is 17.3 Å². The molecule has 1 unspecified atom stereocenters. The van der Waals surface area contributed by atoms with Crippen LogP contribution >= 0.6 is 0 Å². The molecule has 0 aliphatic heterocycles. The number of hydrogen-bond donors (Lipinski definition) is 1. The molecule has 6 heteroatoms. The number of nitrogens with one attached hydrogen (secondary N) is 1. The molecule has 22 heavy (non-hydrogen) atoms. The molecule has 0 heterocycles. The third-order valence-corrected chi connectivity index (χ3v) is 3.19. The van der Waals surface area contributed by atoms with Crippen LogP contribution in [-0.2, 0) is 4.79 Å². The van der Waals surface area contributed by atoms with Crippen LogP contribution in [0.5, 0.6) is 0 Å². The molecule has 2 aromatic carbocycles. The van der Waals surface area contributed by atoms with Gasteiger partial charge in [-0.05, 0) is 31.2 Å². The number of anilines is 1. The summed E-state index contributed by atoms with van der Waals surface area (Å²) in [5.41, 5.74) is 0.773. The second-order valence-electron chi connectivity index (χ2n) is 4.75. The molecule has 1 atom stereocenters. The Kier molecular flexibility index (Phi) is 4.63. The first kappa shape index (κ1) is 15.4. The highest BCUT2D eigenvalue weighted by Gasteiger charge is 2.23. The molecule has 0 bridgehead atoms. The summed E-state index contributed by atoms with van der Waals surface area (Å²) in [5.74, 6) is -1.69. The molecule has 1 amide bonds. The molecule has 6 nitrogen and oxygen atoms in total. The summed E-state index contributed by atoms with van der Waals surface area (Å²) < 4.78 is 0. The van der Waals surface area contributed by atoms with Crippen molar-refractivity contribution >= 4 is 23.1 Å². The molecular formula is C16H14N2O4. The highest BCUT2D eigenvalue weighted by atomic mass is 16.6. The number of carbonyl (C=O) groups is 2. The Morgan fingerprint density at radius 1 is 1.05 bits per heavy atom. The summed E-state index contributed by atoms with van der Waals surface area (Å²) in [6, 6.07) is 14.0. The van der Waals surface area contributed by atoms with Crippen molar-refractivity contribution in [3.8, 4) is 0 Å². The van der Waals surface area contributed by atoms with Gasteiger partial charge < -0.3 is 5.32 Å². The predicted molar refractivity (Wildman–Crippen MR) is 81.7 cm³/mol. The number of carbonyl (C=O) groups excluding carboxylic acids is 2. The SMILES string of the molecule is CC(C(=O)Nc1ccccc1)C(=O)c1ccc([N+](=O)[O-])cc1. The molecule has 0 aliphatic rings. The highest BCUT2D eigenvalue weighted by molar-refractivity contribution is 6.13. The Bertz CT molecular complexity index is 696. The number of non-ortho nitro benzene ring substituents is 1. The second kappa shape index (κ2) is 6.62. The number of benzene rings is 2. The van der Waals surface area contributed by atoms with Gasteiger partial charge in [-0.25, -0.2) is 0 Å². The van der Waals surface area contributed by atoms with Crippen LogP contribution in [0.25, 0.3) is 0 Å². The Morgan fingerprint density at radius 3 is 2.18 bits per heavy atom. The molecular weight excluding hydrogens is 284 g/mol. The van der Waals surface area contributed by atoms with Gasteiger partial charge in [0.2, 0.25) is 5.91 Å². The van der Waals surface area contributed by atoms with Gasteiger partial charge in [0.05, 0.1) is 10.8 Å². The first-order valence-corrected chi connectivity index (χ1v) is 6.63. The van der Waals surface area contributed by atoms with Crippen molar-refractivity contribution in [1.82, 2.24) is 0 Å². The normalized spacial score (nSPS) is 11.5. The maximum absolute atomic E-state index is 12.2. The van der Waals surface area contributed by atoms with Crippen molar-refractivity contribution in [2.24, 2.45) is 5.92 Å². The summed E-state index contributed by atoms with van der Waals surface area (Å²) in [5, 5.41) is 13.2. The minimum Gasteiger partial charge on any atom is -0.325 e. The maximum Gasteiger partial charge on any atom is 0.269 e. The largest absolute Gasteiger partial charge is 0.325 e. The van der Waals surface area contributed by atoms with Gasteiger partial charge in [-0.15, -0.1) is 0 Å². The highest BCUT2D eigenvalue weighted by Crippen LogP contribution is 2.16. The van der Waals surface area contributed by atoms with Gasteiger partial charge in [0, 0.05) is 23.4 Å². The number of Topliss-reactive ketones (excluding diaryl/α,β-unsaturated/α-hetero) is 1. The van der Waals surface area contributed by atoms with E-state index in [0.29, 0.717) is 5.69 Å². The molecule has 0 fully saturated rings. The van der Waals surface area contributed by atoms with Crippen molar-refractivity contribution in [1.29, 1.82) is 0 Å². The topological polar surface area (TPSA) is 89.3 Å². The van der Waals surface area contributed by atoms with Gasteiger partial charge in [-0.3, -0.25) is 19.7 Å². The monoisotopic (exact) mass is 298 g/mol. The molecule has 0 aromatic heterocycles. The van der Waals surface area contributed by atoms with E-state index in [4.69, 9.17) is 0 Å². The lowest BCUT2D eigenvalue weighted by molar-refractivity contribution is -0.384. The van der Waals surface area contributed by atoms with E-state index in [1.165, 1.54) is 31.2 Å². The Labute approximate surface area is 126 Å². The zero-order valence-corrected chi connectivity index (χ0v) is 11.9. The fourth-order valence-corrected chi connectivity index (χ4v) is 1.89. The van der Waals surface area contributed by atoms with Crippen LogP contribution in [0, 0.1) is 16.0 Å². The van der Waals surface area contributed by atoms with Crippen molar-refractivity contribution in [3.05, 3.63) is 70.3 Å². The van der Waals surface area contributed by atoms with Crippen molar-refractivity contribution in [2.45, 2.75) is 6.92 Å². The summed E-state index contributed by atoms with van der Waals surface area (Å²) in [4.78, 5) is 34.3. The first-order chi connectivity index (χ1) is 10.5. The van der Waals surface area contributed by atoms with E-state index >= 15 is 0 Å². The number of nitrogens with zero attached hydrogens (tertiary/aromatic N) is 1. The van der Waals surface area contributed by atoms with Crippen LogP contribution in [0.3, 0.4) is 0 Å². The summed E-state index contributed by atoms with van der Waals surface area (Å²) in [7, 11) is 0. The van der Waals surface area contributed by atoms with Crippen LogP contribution in [0.15, 0.2) is 54.6 Å². The molecule has 0 saturated carbocycles. The van der Waals surface area contributed by atoms with Gasteiger partial charge >= 0.3 is 0 Å². The molecule has 0 aliphatic carbocycles. The standard InChI is InChI=1S/C16H14N2O4/c1-11(16(20)17-13-5-3-2-4-6-13)15(19)12-7-9-14(10-8-12)18(21)22/h2-11H,1H3,(H,17,20). The molecule has 2 rings (SSSR count). The van der Waals surface area contributed by atoms with E-state index in [0.717, 1.165) is 0 Å². The number of nitro groups is 1. The average molecular weight is 298 g/mol. The van der Waals surface area contributed by atoms with Crippen LogP contribution in [0.4, 0.5) is 11.4 Å².